The van der Waals surface area contributed by atoms with Crippen molar-refractivity contribution in [1.82, 2.24) is 9.88 Å². The summed E-state index contributed by atoms with van der Waals surface area (Å²) in [5.41, 5.74) is 0.862. The molecule has 1 aromatic carbocycles. The Bertz CT molecular complexity index is 718. The van der Waals surface area contributed by atoms with Crippen LogP contribution in [-0.4, -0.2) is 49.1 Å². The predicted molar refractivity (Wildman–Crippen MR) is 98.8 cm³/mol. The highest BCUT2D eigenvalue weighted by Gasteiger charge is 2.19. The summed E-state index contributed by atoms with van der Waals surface area (Å²) in [7, 11) is 2.94. The van der Waals surface area contributed by atoms with Crippen LogP contribution in [0, 0.1) is 0 Å². The monoisotopic (exact) mass is 426 g/mol. The number of rotatable bonds is 8. The highest BCUT2D eigenvalue weighted by molar-refractivity contribution is 9.10. The number of carbonyl (C=O) groups excluding carboxylic acids is 2. The second kappa shape index (κ2) is 9.65. The van der Waals surface area contributed by atoms with Crippen LogP contribution in [0.15, 0.2) is 34.1 Å². The average Bonchev–Trinajstić information content (AvgIpc) is 3.09. The zero-order chi connectivity index (χ0) is 18.2. The van der Waals surface area contributed by atoms with Gasteiger partial charge < -0.3 is 14.4 Å². The number of nitrogens with zero attached hydrogens (tertiary/aromatic N) is 2. The van der Waals surface area contributed by atoms with Gasteiger partial charge in [0.05, 0.1) is 13.7 Å². The molecule has 0 atom stereocenters. The molecule has 0 radical (unpaired) electrons. The van der Waals surface area contributed by atoms with Gasteiger partial charge >= 0.3 is 5.97 Å². The molecule has 1 amide bonds. The Morgan fingerprint density at radius 2 is 1.96 bits per heavy atom. The first-order chi connectivity index (χ1) is 12.0. The lowest BCUT2D eigenvalue weighted by Gasteiger charge is -2.21. The van der Waals surface area contributed by atoms with Crippen LogP contribution in [0.3, 0.4) is 0 Å². The summed E-state index contributed by atoms with van der Waals surface area (Å²) in [6.07, 6.45) is 0.716. The van der Waals surface area contributed by atoms with Gasteiger partial charge in [0.15, 0.2) is 5.69 Å². The molecule has 0 aliphatic rings. The predicted octanol–water partition coefficient (Wildman–Crippen LogP) is 3.37. The minimum Gasteiger partial charge on any atom is -0.464 e. The molecule has 6 nitrogen and oxygen atoms in total. The van der Waals surface area contributed by atoms with Gasteiger partial charge in [0, 0.05) is 35.7 Å². The number of aromatic nitrogens is 1. The van der Waals surface area contributed by atoms with Crippen LogP contribution in [0.2, 0.25) is 0 Å². The Kier molecular flexibility index (Phi) is 7.54. The molecule has 0 fully saturated rings. The number of halogens is 1. The number of thiazole rings is 1. The van der Waals surface area contributed by atoms with Crippen molar-refractivity contribution in [2.75, 3.05) is 27.4 Å². The standard InChI is InChI=1S/C17H19BrN2O4S/c1-23-9-3-8-20(16(21)12-4-6-13(18)7-5-12)10-15-19-14(11-25-15)17(22)24-2/h4-7,11H,3,8-10H2,1-2H3. The summed E-state index contributed by atoms with van der Waals surface area (Å²) in [5.74, 6) is -0.564. The molecule has 1 heterocycles. The lowest BCUT2D eigenvalue weighted by molar-refractivity contribution is 0.0594. The number of ether oxygens (including phenoxy) is 2. The lowest BCUT2D eigenvalue weighted by atomic mass is 10.2. The van der Waals surface area contributed by atoms with E-state index in [1.54, 1.807) is 29.5 Å². The molecular weight excluding hydrogens is 408 g/mol. The molecule has 0 N–H and O–H groups in total. The van der Waals surface area contributed by atoms with Gasteiger partial charge in [0.25, 0.3) is 5.91 Å². The number of amides is 1. The van der Waals surface area contributed by atoms with Crippen molar-refractivity contribution in [2.45, 2.75) is 13.0 Å². The van der Waals surface area contributed by atoms with E-state index in [-0.39, 0.29) is 11.6 Å². The minimum atomic E-state index is -0.479. The fourth-order valence-corrected chi connectivity index (χ4v) is 3.21. The molecule has 0 saturated heterocycles. The number of hydrogen-bond donors (Lipinski definition) is 0. The molecule has 8 heteroatoms. The van der Waals surface area contributed by atoms with Gasteiger partial charge in [-0.15, -0.1) is 11.3 Å². The first kappa shape index (κ1) is 19.6. The fraction of sp³-hybridized carbons (Fsp3) is 0.353. The van der Waals surface area contributed by atoms with Crippen molar-refractivity contribution < 1.29 is 19.1 Å². The first-order valence-corrected chi connectivity index (χ1v) is 9.29. The Hall–Kier alpha value is -1.77. The van der Waals surface area contributed by atoms with E-state index in [0.717, 1.165) is 4.47 Å². The van der Waals surface area contributed by atoms with E-state index in [1.165, 1.54) is 18.4 Å². The van der Waals surface area contributed by atoms with Crippen LogP contribution >= 0.6 is 27.3 Å². The third-order valence-corrected chi connectivity index (χ3v) is 4.79. The smallest absolute Gasteiger partial charge is 0.357 e. The third kappa shape index (κ3) is 5.62. The highest BCUT2D eigenvalue weighted by atomic mass is 79.9. The first-order valence-electron chi connectivity index (χ1n) is 7.61. The lowest BCUT2D eigenvalue weighted by Crippen LogP contribution is -2.32. The number of esters is 1. The van der Waals surface area contributed by atoms with Crippen molar-refractivity contribution in [3.63, 3.8) is 0 Å². The maximum atomic E-state index is 12.8. The van der Waals surface area contributed by atoms with Crippen molar-refractivity contribution >= 4 is 39.1 Å². The quantitative estimate of drug-likeness (QED) is 0.477. The highest BCUT2D eigenvalue weighted by Crippen LogP contribution is 2.17. The van der Waals surface area contributed by atoms with Gasteiger partial charge in [-0.3, -0.25) is 4.79 Å². The molecule has 0 saturated carbocycles. The van der Waals surface area contributed by atoms with E-state index in [0.29, 0.717) is 36.7 Å². The van der Waals surface area contributed by atoms with E-state index in [2.05, 4.69) is 25.7 Å². The SMILES string of the molecule is COCCCN(Cc1nc(C(=O)OC)cs1)C(=O)c1ccc(Br)cc1. The maximum absolute atomic E-state index is 12.8. The molecule has 2 rings (SSSR count). The summed E-state index contributed by atoms with van der Waals surface area (Å²) < 4.78 is 10.7. The zero-order valence-electron chi connectivity index (χ0n) is 14.0. The molecule has 0 aliphatic carbocycles. The van der Waals surface area contributed by atoms with Crippen molar-refractivity contribution in [3.05, 3.63) is 50.4 Å². The van der Waals surface area contributed by atoms with E-state index in [1.807, 2.05) is 12.1 Å². The molecule has 0 spiro atoms. The topological polar surface area (TPSA) is 68.7 Å². The van der Waals surface area contributed by atoms with E-state index in [4.69, 9.17) is 4.74 Å². The van der Waals surface area contributed by atoms with Crippen LogP contribution in [0.4, 0.5) is 0 Å². The molecule has 0 unspecified atom stereocenters. The summed E-state index contributed by atoms with van der Waals surface area (Å²) >= 11 is 4.70. The summed E-state index contributed by atoms with van der Waals surface area (Å²) in [6, 6.07) is 7.22. The second-order valence-electron chi connectivity index (χ2n) is 5.20. The van der Waals surface area contributed by atoms with Crippen LogP contribution < -0.4 is 0 Å². The van der Waals surface area contributed by atoms with Crippen molar-refractivity contribution in [1.29, 1.82) is 0 Å². The van der Waals surface area contributed by atoms with Crippen LogP contribution in [0.5, 0.6) is 0 Å². The number of methoxy groups -OCH3 is 2. The van der Waals surface area contributed by atoms with E-state index >= 15 is 0 Å². The third-order valence-electron chi connectivity index (χ3n) is 3.43. The normalized spacial score (nSPS) is 10.5. The summed E-state index contributed by atoms with van der Waals surface area (Å²) in [5, 5.41) is 2.32. The van der Waals surface area contributed by atoms with Gasteiger partial charge in [0.2, 0.25) is 0 Å². The summed E-state index contributed by atoms with van der Waals surface area (Å²) in [4.78, 5) is 30.3. The maximum Gasteiger partial charge on any atom is 0.357 e. The van der Waals surface area contributed by atoms with Crippen molar-refractivity contribution in [3.8, 4) is 0 Å². The molecule has 1 aromatic heterocycles. The largest absolute Gasteiger partial charge is 0.464 e. The van der Waals surface area contributed by atoms with Gasteiger partial charge in [-0.2, -0.15) is 0 Å². The Balaban J connectivity index is 2.14. The second-order valence-corrected chi connectivity index (χ2v) is 7.06. The number of hydrogen-bond acceptors (Lipinski definition) is 6. The molecule has 2 aromatic rings. The summed E-state index contributed by atoms with van der Waals surface area (Å²) in [6.45, 7) is 1.44. The van der Waals surface area contributed by atoms with E-state index < -0.39 is 5.97 Å². The molecule has 0 bridgehead atoms. The zero-order valence-corrected chi connectivity index (χ0v) is 16.4. The Morgan fingerprint density at radius 3 is 2.60 bits per heavy atom. The van der Waals surface area contributed by atoms with Crippen LogP contribution in [-0.2, 0) is 16.0 Å². The van der Waals surface area contributed by atoms with Gasteiger partial charge in [0.1, 0.15) is 5.01 Å². The molecule has 25 heavy (non-hydrogen) atoms. The Morgan fingerprint density at radius 1 is 1.24 bits per heavy atom. The van der Waals surface area contributed by atoms with Crippen LogP contribution in [0.1, 0.15) is 32.3 Å². The molecular formula is C17H19BrN2O4S. The van der Waals surface area contributed by atoms with Gasteiger partial charge in [-0.25, -0.2) is 9.78 Å². The molecule has 0 aliphatic heterocycles. The molecule has 134 valence electrons. The van der Waals surface area contributed by atoms with E-state index in [9.17, 15) is 9.59 Å². The average molecular weight is 427 g/mol. The number of benzene rings is 1. The Labute approximate surface area is 158 Å². The minimum absolute atomic E-state index is 0.0848. The van der Waals surface area contributed by atoms with Crippen LogP contribution in [0.25, 0.3) is 0 Å². The fourth-order valence-electron chi connectivity index (χ4n) is 2.17. The number of carbonyl (C=O) groups is 2. The van der Waals surface area contributed by atoms with Crippen molar-refractivity contribution in [2.24, 2.45) is 0 Å². The van der Waals surface area contributed by atoms with Gasteiger partial charge in [-0.1, -0.05) is 15.9 Å². The van der Waals surface area contributed by atoms with Gasteiger partial charge in [-0.05, 0) is 30.7 Å².